The van der Waals surface area contributed by atoms with Crippen LogP contribution in [0.15, 0.2) is 59.6 Å². The summed E-state index contributed by atoms with van der Waals surface area (Å²) in [5, 5.41) is 23.0. The van der Waals surface area contributed by atoms with Crippen LogP contribution < -0.4 is 4.31 Å². The van der Waals surface area contributed by atoms with Crippen molar-refractivity contribution < 1.29 is 18.3 Å². The van der Waals surface area contributed by atoms with E-state index in [2.05, 4.69) is 4.98 Å². The number of nitrogens with zero attached hydrogens (tertiary/aromatic N) is 4. The molecular formula is C17H14N4O6S. The van der Waals surface area contributed by atoms with E-state index in [9.17, 15) is 28.6 Å². The van der Waals surface area contributed by atoms with Crippen LogP contribution in [0.5, 0.6) is 0 Å². The zero-order valence-electron chi connectivity index (χ0n) is 14.5. The van der Waals surface area contributed by atoms with Crippen molar-refractivity contribution in [3.05, 3.63) is 75.0 Å². The Labute approximate surface area is 159 Å². The Balaban J connectivity index is 2.23. The van der Waals surface area contributed by atoms with E-state index in [1.807, 2.05) is 0 Å². The lowest BCUT2D eigenvalue weighted by Crippen LogP contribution is -2.31. The second-order valence-corrected chi connectivity index (χ2v) is 7.52. The standard InChI is InChI=1S/C17H14N4O6S/c1-2-19(14-9-8-13(20(22)23)11-15(14)21(24)25)28(26,27)16-7-3-5-12-6-4-10-18-17(12)16/h3-11H,2H2,1H3. The van der Waals surface area contributed by atoms with Gasteiger partial charge in [-0.25, -0.2) is 8.42 Å². The second kappa shape index (κ2) is 7.19. The maximum Gasteiger partial charge on any atom is 0.300 e. The monoisotopic (exact) mass is 402 g/mol. The van der Waals surface area contributed by atoms with Crippen LogP contribution in [0.4, 0.5) is 17.1 Å². The van der Waals surface area contributed by atoms with Crippen LogP contribution in [0, 0.1) is 20.2 Å². The molecular weight excluding hydrogens is 388 g/mol. The van der Waals surface area contributed by atoms with E-state index in [0.717, 1.165) is 22.5 Å². The number of rotatable bonds is 6. The molecule has 0 fully saturated rings. The number of sulfonamides is 1. The normalized spacial score (nSPS) is 11.3. The third kappa shape index (κ3) is 3.22. The molecule has 10 nitrogen and oxygen atoms in total. The van der Waals surface area contributed by atoms with Crippen LogP contribution in [-0.4, -0.2) is 29.8 Å². The van der Waals surface area contributed by atoms with Crippen LogP contribution >= 0.6 is 0 Å². The summed E-state index contributed by atoms with van der Waals surface area (Å²) in [6.45, 7) is 1.39. The van der Waals surface area contributed by atoms with Crippen molar-refractivity contribution >= 4 is 38.0 Å². The van der Waals surface area contributed by atoms with E-state index >= 15 is 0 Å². The predicted molar refractivity (Wildman–Crippen MR) is 102 cm³/mol. The maximum atomic E-state index is 13.3. The SMILES string of the molecule is CCN(c1ccc([N+](=O)[O-])cc1[N+](=O)[O-])S(=O)(=O)c1cccc2cccnc12. The van der Waals surface area contributed by atoms with Gasteiger partial charge in [0.2, 0.25) is 0 Å². The first-order chi connectivity index (χ1) is 13.3. The highest BCUT2D eigenvalue weighted by molar-refractivity contribution is 7.93. The fourth-order valence-corrected chi connectivity index (χ4v) is 4.51. The summed E-state index contributed by atoms with van der Waals surface area (Å²) in [5.74, 6) is 0. The van der Waals surface area contributed by atoms with E-state index < -0.39 is 31.2 Å². The molecule has 3 aromatic rings. The molecule has 0 radical (unpaired) electrons. The average molecular weight is 402 g/mol. The number of nitro groups is 2. The molecule has 0 aliphatic carbocycles. The van der Waals surface area contributed by atoms with Gasteiger partial charge in [-0.05, 0) is 25.1 Å². The predicted octanol–water partition coefficient (Wildman–Crippen LogP) is 3.27. The van der Waals surface area contributed by atoms with Gasteiger partial charge < -0.3 is 0 Å². The van der Waals surface area contributed by atoms with Gasteiger partial charge in [0, 0.05) is 24.2 Å². The highest BCUT2D eigenvalue weighted by atomic mass is 32.2. The number of hydrogen-bond acceptors (Lipinski definition) is 7. The van der Waals surface area contributed by atoms with Crippen molar-refractivity contribution in [2.75, 3.05) is 10.8 Å². The molecule has 0 amide bonds. The number of non-ortho nitro benzene ring substituents is 1. The lowest BCUT2D eigenvalue weighted by atomic mass is 10.2. The Bertz CT molecular complexity index is 1190. The minimum absolute atomic E-state index is 0.111. The molecule has 0 bridgehead atoms. The summed E-state index contributed by atoms with van der Waals surface area (Å²) < 4.78 is 27.4. The number of benzene rings is 2. The minimum Gasteiger partial charge on any atom is -0.260 e. The molecule has 0 unspecified atom stereocenters. The van der Waals surface area contributed by atoms with E-state index in [4.69, 9.17) is 0 Å². The average Bonchev–Trinajstić information content (AvgIpc) is 2.67. The Morgan fingerprint density at radius 2 is 1.75 bits per heavy atom. The number of pyridine rings is 1. The van der Waals surface area contributed by atoms with E-state index in [1.165, 1.54) is 19.2 Å². The van der Waals surface area contributed by atoms with E-state index in [1.54, 1.807) is 24.3 Å². The third-order valence-corrected chi connectivity index (χ3v) is 6.01. The molecule has 0 aliphatic rings. The van der Waals surface area contributed by atoms with Crippen LogP contribution in [0.25, 0.3) is 10.9 Å². The number of hydrogen-bond donors (Lipinski definition) is 0. The summed E-state index contributed by atoms with van der Waals surface area (Å²) >= 11 is 0. The van der Waals surface area contributed by atoms with Gasteiger partial charge in [0.25, 0.3) is 21.4 Å². The molecule has 11 heteroatoms. The number of nitro benzene ring substituents is 2. The van der Waals surface area contributed by atoms with Gasteiger partial charge >= 0.3 is 0 Å². The quantitative estimate of drug-likeness (QED) is 0.456. The molecule has 3 rings (SSSR count). The van der Waals surface area contributed by atoms with Gasteiger partial charge in [0.1, 0.15) is 10.6 Å². The zero-order valence-corrected chi connectivity index (χ0v) is 15.4. The molecule has 28 heavy (non-hydrogen) atoms. The van der Waals surface area contributed by atoms with Gasteiger partial charge in [-0.15, -0.1) is 0 Å². The van der Waals surface area contributed by atoms with Gasteiger partial charge in [0.15, 0.2) is 0 Å². The summed E-state index contributed by atoms with van der Waals surface area (Å²) in [4.78, 5) is 24.8. The summed E-state index contributed by atoms with van der Waals surface area (Å²) in [5.41, 5.74) is -1.21. The molecule has 0 N–H and O–H groups in total. The Hall–Kier alpha value is -3.60. The first-order valence-corrected chi connectivity index (χ1v) is 9.50. The van der Waals surface area contributed by atoms with Crippen LogP contribution in [-0.2, 0) is 10.0 Å². The van der Waals surface area contributed by atoms with Crippen LogP contribution in [0.1, 0.15) is 6.92 Å². The molecule has 0 atom stereocenters. The topological polar surface area (TPSA) is 137 Å². The summed E-state index contributed by atoms with van der Waals surface area (Å²) in [6.07, 6.45) is 1.45. The van der Waals surface area contributed by atoms with Crippen molar-refractivity contribution in [2.24, 2.45) is 0 Å². The fourth-order valence-electron chi connectivity index (χ4n) is 2.86. The van der Waals surface area contributed by atoms with Gasteiger partial charge in [-0.1, -0.05) is 18.2 Å². The van der Waals surface area contributed by atoms with Crippen LogP contribution in [0.2, 0.25) is 0 Å². The van der Waals surface area contributed by atoms with Gasteiger partial charge in [0.05, 0.1) is 21.4 Å². The van der Waals surface area contributed by atoms with Gasteiger partial charge in [-0.2, -0.15) is 0 Å². The summed E-state index contributed by atoms with van der Waals surface area (Å²) in [6, 6.07) is 10.8. The number of para-hydroxylation sites is 1. The van der Waals surface area contributed by atoms with Crippen molar-refractivity contribution in [1.82, 2.24) is 4.98 Å². The highest BCUT2D eigenvalue weighted by Gasteiger charge is 2.32. The fraction of sp³-hybridized carbons (Fsp3) is 0.118. The molecule has 144 valence electrons. The number of aromatic nitrogens is 1. The Morgan fingerprint density at radius 3 is 2.39 bits per heavy atom. The maximum absolute atomic E-state index is 13.3. The van der Waals surface area contributed by atoms with Crippen LogP contribution in [0.3, 0.4) is 0 Å². The largest absolute Gasteiger partial charge is 0.300 e. The molecule has 0 spiro atoms. The lowest BCUT2D eigenvalue weighted by Gasteiger charge is -2.23. The summed E-state index contributed by atoms with van der Waals surface area (Å²) in [7, 11) is -4.22. The van der Waals surface area contributed by atoms with Crippen molar-refractivity contribution in [2.45, 2.75) is 11.8 Å². The smallest absolute Gasteiger partial charge is 0.260 e. The first kappa shape index (κ1) is 19.2. The van der Waals surface area contributed by atoms with E-state index in [0.29, 0.717) is 5.39 Å². The molecule has 1 aromatic heterocycles. The molecule has 0 saturated heterocycles. The molecule has 2 aromatic carbocycles. The van der Waals surface area contributed by atoms with E-state index in [-0.39, 0.29) is 22.6 Å². The number of fused-ring (bicyclic) bond motifs is 1. The molecule has 1 heterocycles. The van der Waals surface area contributed by atoms with Crippen molar-refractivity contribution in [3.8, 4) is 0 Å². The Morgan fingerprint density at radius 1 is 1.04 bits per heavy atom. The third-order valence-electron chi connectivity index (χ3n) is 4.09. The highest BCUT2D eigenvalue weighted by Crippen LogP contribution is 2.36. The molecule has 0 saturated carbocycles. The molecule has 0 aliphatic heterocycles. The minimum atomic E-state index is -4.22. The zero-order chi connectivity index (χ0) is 20.5. The number of anilines is 1. The lowest BCUT2D eigenvalue weighted by molar-refractivity contribution is -0.393. The van der Waals surface area contributed by atoms with Crippen molar-refractivity contribution in [3.63, 3.8) is 0 Å². The van der Waals surface area contributed by atoms with Crippen molar-refractivity contribution in [1.29, 1.82) is 0 Å². The first-order valence-electron chi connectivity index (χ1n) is 8.06. The Kier molecular flexibility index (Phi) is 4.92. The second-order valence-electron chi connectivity index (χ2n) is 5.69. The van der Waals surface area contributed by atoms with Gasteiger partial charge in [-0.3, -0.25) is 29.5 Å².